The summed E-state index contributed by atoms with van der Waals surface area (Å²) >= 11 is 0. The van der Waals surface area contributed by atoms with Crippen LogP contribution in [0.5, 0.6) is 0 Å². The van der Waals surface area contributed by atoms with Crippen molar-refractivity contribution in [3.8, 4) is 0 Å². The first-order chi connectivity index (χ1) is 48.3. The van der Waals surface area contributed by atoms with Gasteiger partial charge in [0.15, 0.2) is 0 Å². The number of nitrogens with zero attached hydrogens (tertiary/aromatic N) is 5. The van der Waals surface area contributed by atoms with Gasteiger partial charge in [0.05, 0.1) is 43.3 Å². The van der Waals surface area contributed by atoms with Crippen LogP contribution in [0, 0.1) is 23.5 Å². The van der Waals surface area contributed by atoms with Crippen molar-refractivity contribution in [2.45, 2.75) is 171 Å². The zero-order valence-corrected chi connectivity index (χ0v) is 56.7. The molecule has 6 heterocycles. The lowest BCUT2D eigenvalue weighted by Crippen LogP contribution is -2.58. The minimum atomic E-state index is -0.983. The van der Waals surface area contributed by atoms with Crippen molar-refractivity contribution in [3.63, 3.8) is 0 Å². The van der Waals surface area contributed by atoms with Crippen molar-refractivity contribution in [2.24, 2.45) is 17.6 Å². The fourth-order valence-electron chi connectivity index (χ4n) is 16.1. The third-order valence-electron chi connectivity index (χ3n) is 21.1. The van der Waals surface area contributed by atoms with E-state index < -0.39 is 102 Å². The SMILES string of the molecule is CC(=O)O[C@@H]1CN(C(=O)[C@@H](N)C2CCCCC2)[C@H]2[C@@H]1N(C(=O)OCc1ccccc1)C[C@H]2c1c[nH]c2cc(F)ccc12.CC(=O)O[C@@H]1CN(C(=O)[C@@H](NC(=O)[C@H](C)N(C)C(=O)OCc2ccccc2)C2CCCCC2)[C@H]2[C@@H]1N(C(=O)OCc1ccccc1)C[C@H]2c1c[nH]c2cc(F)ccc12. The predicted octanol–water partition coefficient (Wildman–Crippen LogP) is 10.7. The molecule has 5 N–H and O–H groups in total. The maximum Gasteiger partial charge on any atom is 0.410 e. The molecule has 6 fully saturated rings. The first-order valence-electron chi connectivity index (χ1n) is 34.7. The summed E-state index contributed by atoms with van der Waals surface area (Å²) in [6.07, 6.45) is 9.25. The second kappa shape index (κ2) is 31.1. The van der Waals surface area contributed by atoms with Gasteiger partial charge in [-0.1, -0.05) is 130 Å². The molecule has 6 aliphatic rings. The fraction of sp³-hybridized carbons (Fsp3) is 0.447. The average molecular weight is 1370 g/mol. The lowest BCUT2D eigenvalue weighted by Gasteiger charge is -2.36. The summed E-state index contributed by atoms with van der Waals surface area (Å²) in [5.74, 6) is -3.92. The van der Waals surface area contributed by atoms with Crippen LogP contribution >= 0.6 is 0 Å². The number of H-pyrrole nitrogens is 2. The van der Waals surface area contributed by atoms with E-state index in [1.807, 2.05) is 97.2 Å². The van der Waals surface area contributed by atoms with Gasteiger partial charge in [0.2, 0.25) is 17.7 Å². The number of rotatable bonds is 17. The van der Waals surface area contributed by atoms with E-state index in [-0.39, 0.29) is 81.4 Å². The Bertz CT molecular complexity index is 4070. The molecule has 2 aliphatic carbocycles. The number of carbonyl (C=O) groups excluding carboxylic acids is 8. The quantitative estimate of drug-likeness (QED) is 0.0488. The molecular weight excluding hydrogens is 1280 g/mol. The maximum absolute atomic E-state index is 15.2. The number of likely N-dealkylation sites (N-methyl/N-ethyl adjacent to an activating group) is 1. The number of ether oxygens (including phenoxy) is 5. The summed E-state index contributed by atoms with van der Waals surface area (Å²) in [5.41, 5.74) is 11.8. The summed E-state index contributed by atoms with van der Waals surface area (Å²) in [7, 11) is 1.48. The lowest BCUT2D eigenvalue weighted by atomic mass is 9.82. The predicted molar refractivity (Wildman–Crippen MR) is 365 cm³/mol. The van der Waals surface area contributed by atoms with Gasteiger partial charge in [-0.15, -0.1) is 0 Å². The number of fused-ring (bicyclic) bond motifs is 4. The molecule has 7 aromatic rings. The molecule has 6 amide bonds. The lowest BCUT2D eigenvalue weighted by molar-refractivity contribution is -0.149. The van der Waals surface area contributed by atoms with Crippen molar-refractivity contribution < 1.29 is 70.8 Å². The van der Waals surface area contributed by atoms with Crippen LogP contribution in [0.2, 0.25) is 0 Å². The highest BCUT2D eigenvalue weighted by atomic mass is 19.1. The number of nitrogens with two attached hydrogens (primary N) is 1. The van der Waals surface area contributed by atoms with Crippen LogP contribution in [-0.2, 0) is 67.5 Å². The van der Waals surface area contributed by atoms with Crippen LogP contribution in [0.3, 0.4) is 0 Å². The molecule has 22 nitrogen and oxygen atoms in total. The van der Waals surface area contributed by atoms with Crippen LogP contribution in [0.15, 0.2) is 140 Å². The van der Waals surface area contributed by atoms with Gasteiger partial charge in [0.25, 0.3) is 0 Å². The molecule has 11 atom stereocenters. The molecule has 0 unspecified atom stereocenters. The average Bonchev–Trinajstić information content (AvgIpc) is 1.58. The summed E-state index contributed by atoms with van der Waals surface area (Å²) in [5, 5.41) is 4.55. The van der Waals surface area contributed by atoms with Gasteiger partial charge < -0.3 is 54.5 Å². The van der Waals surface area contributed by atoms with Gasteiger partial charge in [-0.2, -0.15) is 0 Å². The number of esters is 2. The van der Waals surface area contributed by atoms with E-state index in [2.05, 4.69) is 15.3 Å². The molecule has 0 radical (unpaired) electrons. The van der Waals surface area contributed by atoms with Gasteiger partial charge >= 0.3 is 30.2 Å². The maximum atomic E-state index is 15.2. The minimum Gasteiger partial charge on any atom is -0.458 e. The van der Waals surface area contributed by atoms with Gasteiger partial charge in [0.1, 0.15) is 55.7 Å². The van der Waals surface area contributed by atoms with E-state index >= 15 is 4.79 Å². The highest BCUT2D eigenvalue weighted by Crippen LogP contribution is 2.47. The fourth-order valence-corrected chi connectivity index (χ4v) is 16.1. The third kappa shape index (κ3) is 15.3. The number of benzene rings is 5. The number of aromatic amines is 2. The number of amides is 6. The van der Waals surface area contributed by atoms with Crippen molar-refractivity contribution in [3.05, 3.63) is 179 Å². The van der Waals surface area contributed by atoms with Gasteiger partial charge in [-0.3, -0.25) is 38.7 Å². The van der Waals surface area contributed by atoms with Crippen molar-refractivity contribution in [2.75, 3.05) is 33.2 Å². The molecule has 100 heavy (non-hydrogen) atoms. The molecule has 0 bridgehead atoms. The molecule has 4 saturated heterocycles. The molecule has 2 saturated carbocycles. The Hall–Kier alpha value is -9.84. The molecular formula is C76H87F2N9O13. The Morgan fingerprint density at radius 1 is 0.530 bits per heavy atom. The monoisotopic (exact) mass is 1370 g/mol. The highest BCUT2D eigenvalue weighted by molar-refractivity contribution is 5.93. The Balaban J connectivity index is 0.000000199. The Morgan fingerprint density at radius 3 is 1.37 bits per heavy atom. The number of likely N-dealkylation sites (tertiary alicyclic amines) is 4. The van der Waals surface area contributed by atoms with Crippen molar-refractivity contribution >= 4 is 69.7 Å². The highest BCUT2D eigenvalue weighted by Gasteiger charge is 2.61. The number of halogens is 2. The second-order valence-electron chi connectivity index (χ2n) is 27.3. The first-order valence-corrected chi connectivity index (χ1v) is 34.7. The second-order valence-corrected chi connectivity index (χ2v) is 27.3. The number of hydrogen-bond donors (Lipinski definition) is 4. The van der Waals surface area contributed by atoms with Crippen LogP contribution in [0.4, 0.5) is 23.2 Å². The Labute approximate surface area is 579 Å². The zero-order valence-electron chi connectivity index (χ0n) is 56.7. The van der Waals surface area contributed by atoms with Crippen molar-refractivity contribution in [1.82, 2.24) is 39.8 Å². The molecule has 24 heteroatoms. The summed E-state index contributed by atoms with van der Waals surface area (Å²) in [6.45, 7) is 4.75. The summed E-state index contributed by atoms with van der Waals surface area (Å²) < 4.78 is 57.1. The smallest absolute Gasteiger partial charge is 0.410 e. The van der Waals surface area contributed by atoms with E-state index in [0.29, 0.717) is 23.9 Å². The van der Waals surface area contributed by atoms with E-state index in [1.54, 1.807) is 40.0 Å². The summed E-state index contributed by atoms with van der Waals surface area (Å²) in [4.78, 5) is 123. The van der Waals surface area contributed by atoms with Crippen LogP contribution < -0.4 is 11.1 Å². The number of hydrogen-bond acceptors (Lipinski definition) is 14. The Morgan fingerprint density at radius 2 is 0.940 bits per heavy atom. The minimum absolute atomic E-state index is 0.00762. The van der Waals surface area contributed by atoms with Crippen LogP contribution in [0.1, 0.15) is 125 Å². The third-order valence-corrected chi connectivity index (χ3v) is 21.1. The number of nitrogens with one attached hydrogen (secondary N) is 3. The van der Waals surface area contributed by atoms with Gasteiger partial charge in [0, 0.05) is 80.0 Å². The van der Waals surface area contributed by atoms with E-state index in [0.717, 1.165) is 90.0 Å². The van der Waals surface area contributed by atoms with Gasteiger partial charge in [-0.25, -0.2) is 23.2 Å². The summed E-state index contributed by atoms with van der Waals surface area (Å²) in [6, 6.07) is 31.5. The largest absolute Gasteiger partial charge is 0.458 e. The van der Waals surface area contributed by atoms with Crippen LogP contribution in [-0.4, -0.2) is 170 Å². The number of carbonyl (C=O) groups is 8. The van der Waals surface area contributed by atoms with E-state index in [9.17, 15) is 42.3 Å². The van der Waals surface area contributed by atoms with Crippen LogP contribution in [0.25, 0.3) is 21.8 Å². The normalized spacial score (nSPS) is 22.9. The molecule has 528 valence electrons. The standard InChI is InChI=1S/C44H50FN5O8.C32H37FN4O5/c1-27(48(3)43(54)56-25-29-13-7-4-8-14-29)41(52)47-38(31-17-11-6-12-18-31)42(53)49-24-37(58-28(2)51)40-39(49)35(34-22-46-36-21-32(45)19-20-33(34)36)23-50(40)44(55)57-26-30-15-9-5-10-16-30;1-19(38)42-27-17-36(31(39)28(34)21-10-6-3-7-11-21)29-25(24-15-35-26-14-22(33)12-13-23(24)26)16-37(30(27)29)32(40)41-18-20-8-4-2-5-9-20/h4-5,7-10,13-16,19-22,27,31,35,37-40,46H,6,11-12,17-18,23-26H2,1-3H3,(H,47,52);2,4-5,8-9,12-15,21,25,27-30,35H,3,6-7,10-11,16-18,34H2,1H3/t27-,35-,37+,38-,39+,40+;25-,27+,28-,29+,30+/m00/s1. The molecule has 2 aromatic heterocycles. The number of aromatic nitrogens is 2. The molecule has 5 aromatic carbocycles. The molecule has 4 aliphatic heterocycles. The zero-order chi connectivity index (χ0) is 70.3. The van der Waals surface area contributed by atoms with E-state index in [4.69, 9.17) is 29.4 Å². The van der Waals surface area contributed by atoms with Gasteiger partial charge in [-0.05, 0) is 109 Å². The first kappa shape index (κ1) is 70.0. The Kier molecular flexibility index (Phi) is 21.8. The van der Waals surface area contributed by atoms with Crippen molar-refractivity contribution in [1.29, 1.82) is 0 Å². The molecule has 13 rings (SSSR count). The molecule has 0 spiro atoms. The van der Waals surface area contributed by atoms with E-state index in [1.165, 1.54) is 55.0 Å². The topological polar surface area (TPSA) is 269 Å².